The zero-order valence-electron chi connectivity index (χ0n) is 13.4. The van der Waals surface area contributed by atoms with Crippen molar-refractivity contribution in [1.29, 1.82) is 0 Å². The van der Waals surface area contributed by atoms with E-state index in [1.165, 1.54) is 54.1 Å². The molecule has 0 heterocycles. The van der Waals surface area contributed by atoms with Gasteiger partial charge >= 0.3 is 0 Å². The van der Waals surface area contributed by atoms with Crippen LogP contribution >= 0.6 is 15.9 Å². The van der Waals surface area contributed by atoms with E-state index in [2.05, 4.69) is 53.3 Å². The molecule has 0 saturated heterocycles. The Balaban J connectivity index is 1.75. The van der Waals surface area contributed by atoms with Crippen LogP contribution in [0.15, 0.2) is 22.7 Å². The second-order valence-electron chi connectivity index (χ2n) is 7.16. The predicted octanol–water partition coefficient (Wildman–Crippen LogP) is 5.62. The molecule has 2 aliphatic rings. The first kappa shape index (κ1) is 15.6. The molecule has 1 aromatic carbocycles. The Bertz CT molecular complexity index is 484. The summed E-state index contributed by atoms with van der Waals surface area (Å²) >= 11 is 3.82. The molecule has 0 amide bonds. The summed E-state index contributed by atoms with van der Waals surface area (Å²) in [6.07, 6.45) is 8.52. The number of aryl methyl sites for hydroxylation is 1. The Kier molecular flexibility index (Phi) is 5.06. The van der Waals surface area contributed by atoms with Crippen LogP contribution < -0.4 is 5.32 Å². The summed E-state index contributed by atoms with van der Waals surface area (Å²) in [6.45, 7) is 5.57. The molecule has 1 N–H and O–H groups in total. The van der Waals surface area contributed by atoms with Crippen molar-refractivity contribution in [2.24, 2.45) is 17.8 Å². The van der Waals surface area contributed by atoms with Crippen LogP contribution in [0.4, 0.5) is 0 Å². The van der Waals surface area contributed by atoms with Gasteiger partial charge in [-0.15, -0.1) is 0 Å². The lowest BCUT2D eigenvalue weighted by atomic mass is 9.82. The van der Waals surface area contributed by atoms with Gasteiger partial charge in [-0.2, -0.15) is 0 Å². The largest absolute Gasteiger partial charge is 0.310 e. The third-order valence-electron chi connectivity index (χ3n) is 5.66. The molecule has 21 heavy (non-hydrogen) atoms. The second-order valence-corrected chi connectivity index (χ2v) is 7.95. The van der Waals surface area contributed by atoms with Gasteiger partial charge in [0.1, 0.15) is 0 Å². The number of benzene rings is 1. The fourth-order valence-corrected chi connectivity index (χ4v) is 5.09. The number of hydrogen-bond donors (Lipinski definition) is 1. The second kappa shape index (κ2) is 6.83. The van der Waals surface area contributed by atoms with Gasteiger partial charge in [-0.25, -0.2) is 0 Å². The standard InChI is InChI=1S/C19H28BrN/c1-3-9-21-18(17-6-4-5-13(2)19(17)20)12-16-11-14-7-8-15(16)10-14/h4-6,14-16,18,21H,3,7-12H2,1-2H3. The van der Waals surface area contributed by atoms with E-state index in [1.54, 1.807) is 0 Å². The van der Waals surface area contributed by atoms with Gasteiger partial charge in [0.25, 0.3) is 0 Å². The highest BCUT2D eigenvalue weighted by atomic mass is 79.9. The topological polar surface area (TPSA) is 12.0 Å². The smallest absolute Gasteiger partial charge is 0.0334 e. The zero-order valence-corrected chi connectivity index (χ0v) is 15.0. The molecule has 0 aromatic heterocycles. The number of nitrogens with one attached hydrogen (secondary N) is 1. The van der Waals surface area contributed by atoms with Crippen molar-refractivity contribution >= 4 is 15.9 Å². The van der Waals surface area contributed by atoms with E-state index in [0.717, 1.165) is 24.3 Å². The van der Waals surface area contributed by atoms with Crippen LogP contribution in [0.25, 0.3) is 0 Å². The Hall–Kier alpha value is -0.340. The highest BCUT2D eigenvalue weighted by molar-refractivity contribution is 9.10. The van der Waals surface area contributed by atoms with E-state index in [9.17, 15) is 0 Å². The molecule has 1 nitrogen and oxygen atoms in total. The number of rotatable bonds is 6. The molecule has 4 unspecified atom stereocenters. The van der Waals surface area contributed by atoms with Crippen molar-refractivity contribution in [2.75, 3.05) is 6.54 Å². The number of fused-ring (bicyclic) bond motifs is 2. The monoisotopic (exact) mass is 349 g/mol. The molecular weight excluding hydrogens is 322 g/mol. The average Bonchev–Trinajstić information content (AvgIpc) is 3.09. The number of halogens is 1. The maximum Gasteiger partial charge on any atom is 0.0334 e. The Labute approximate surface area is 138 Å². The SMILES string of the molecule is CCCNC(CC1CC2CCC1C2)c1cccc(C)c1Br. The molecule has 116 valence electrons. The van der Waals surface area contributed by atoms with Gasteiger partial charge in [-0.05, 0) is 74.5 Å². The molecule has 1 aromatic rings. The van der Waals surface area contributed by atoms with Crippen LogP contribution in [0.2, 0.25) is 0 Å². The minimum absolute atomic E-state index is 0.517. The summed E-state index contributed by atoms with van der Waals surface area (Å²) in [4.78, 5) is 0. The summed E-state index contributed by atoms with van der Waals surface area (Å²) in [5.74, 6) is 3.02. The highest BCUT2D eigenvalue weighted by Gasteiger charge is 2.40. The van der Waals surface area contributed by atoms with E-state index >= 15 is 0 Å². The fourth-order valence-electron chi connectivity index (χ4n) is 4.55. The normalized spacial score (nSPS) is 29.0. The molecule has 4 atom stereocenters. The minimum atomic E-state index is 0.517. The van der Waals surface area contributed by atoms with E-state index in [4.69, 9.17) is 0 Å². The Morgan fingerprint density at radius 1 is 1.29 bits per heavy atom. The molecule has 3 rings (SSSR count). The fraction of sp³-hybridized carbons (Fsp3) is 0.684. The van der Waals surface area contributed by atoms with Gasteiger partial charge in [0.2, 0.25) is 0 Å². The van der Waals surface area contributed by atoms with Gasteiger partial charge in [-0.1, -0.05) is 47.5 Å². The van der Waals surface area contributed by atoms with Gasteiger partial charge < -0.3 is 5.32 Å². The zero-order chi connectivity index (χ0) is 14.8. The van der Waals surface area contributed by atoms with Crippen molar-refractivity contribution in [3.8, 4) is 0 Å². The van der Waals surface area contributed by atoms with Crippen LogP contribution in [-0.4, -0.2) is 6.54 Å². The summed E-state index contributed by atoms with van der Waals surface area (Å²) in [5.41, 5.74) is 2.81. The molecule has 0 aliphatic heterocycles. The van der Waals surface area contributed by atoms with Crippen molar-refractivity contribution in [1.82, 2.24) is 5.32 Å². The van der Waals surface area contributed by atoms with Crippen LogP contribution in [0.1, 0.15) is 62.6 Å². The lowest BCUT2D eigenvalue weighted by molar-refractivity contribution is 0.279. The molecule has 0 radical (unpaired) electrons. The average molecular weight is 350 g/mol. The third kappa shape index (κ3) is 3.37. The van der Waals surface area contributed by atoms with Crippen LogP contribution in [-0.2, 0) is 0 Å². The van der Waals surface area contributed by atoms with Crippen LogP contribution in [0.5, 0.6) is 0 Å². The first-order valence-electron chi connectivity index (χ1n) is 8.67. The predicted molar refractivity (Wildman–Crippen MR) is 93.5 cm³/mol. The Morgan fingerprint density at radius 3 is 2.81 bits per heavy atom. The lowest BCUT2D eigenvalue weighted by Crippen LogP contribution is -2.26. The molecular formula is C19H28BrN. The van der Waals surface area contributed by atoms with E-state index in [0.29, 0.717) is 6.04 Å². The van der Waals surface area contributed by atoms with Gasteiger partial charge in [0.05, 0.1) is 0 Å². The third-order valence-corrected chi connectivity index (χ3v) is 6.74. The minimum Gasteiger partial charge on any atom is -0.310 e. The maximum absolute atomic E-state index is 3.82. The summed E-state index contributed by atoms with van der Waals surface area (Å²) < 4.78 is 1.31. The molecule has 2 bridgehead atoms. The lowest BCUT2D eigenvalue weighted by Gasteiger charge is -2.28. The molecule has 2 aliphatic carbocycles. The first-order valence-corrected chi connectivity index (χ1v) is 9.46. The summed E-state index contributed by atoms with van der Waals surface area (Å²) in [6, 6.07) is 7.22. The molecule has 2 heteroatoms. The quantitative estimate of drug-likeness (QED) is 0.702. The van der Waals surface area contributed by atoms with Crippen LogP contribution in [0, 0.1) is 24.7 Å². The first-order chi connectivity index (χ1) is 10.2. The van der Waals surface area contributed by atoms with Crippen molar-refractivity contribution in [3.05, 3.63) is 33.8 Å². The molecule has 2 fully saturated rings. The Morgan fingerprint density at radius 2 is 2.14 bits per heavy atom. The van der Waals surface area contributed by atoms with Gasteiger partial charge in [0.15, 0.2) is 0 Å². The number of hydrogen-bond acceptors (Lipinski definition) is 1. The summed E-state index contributed by atoms with van der Waals surface area (Å²) in [5, 5.41) is 3.81. The van der Waals surface area contributed by atoms with Gasteiger partial charge in [0, 0.05) is 10.5 Å². The van der Waals surface area contributed by atoms with E-state index < -0.39 is 0 Å². The van der Waals surface area contributed by atoms with Gasteiger partial charge in [-0.3, -0.25) is 0 Å². The van der Waals surface area contributed by atoms with Crippen molar-refractivity contribution in [3.63, 3.8) is 0 Å². The van der Waals surface area contributed by atoms with E-state index in [1.807, 2.05) is 0 Å². The molecule has 2 saturated carbocycles. The maximum atomic E-state index is 3.82. The van der Waals surface area contributed by atoms with E-state index in [-0.39, 0.29) is 0 Å². The highest BCUT2D eigenvalue weighted by Crippen LogP contribution is 2.51. The van der Waals surface area contributed by atoms with Crippen molar-refractivity contribution < 1.29 is 0 Å². The van der Waals surface area contributed by atoms with Crippen LogP contribution in [0.3, 0.4) is 0 Å². The summed E-state index contributed by atoms with van der Waals surface area (Å²) in [7, 11) is 0. The molecule has 0 spiro atoms. The van der Waals surface area contributed by atoms with Crippen molar-refractivity contribution in [2.45, 2.75) is 58.4 Å².